The van der Waals surface area contributed by atoms with Crippen molar-refractivity contribution in [3.05, 3.63) is 47.7 Å². The summed E-state index contributed by atoms with van der Waals surface area (Å²) in [5.74, 6) is 0. The van der Waals surface area contributed by atoms with Crippen LogP contribution in [0, 0.1) is 6.92 Å². The monoisotopic (exact) mass is 195 g/mol. The molecule has 1 aliphatic rings. The molecule has 0 radical (unpaired) electrons. The smallest absolute Gasteiger partial charge is 0.0489 e. The molecule has 2 aromatic carbocycles. The van der Waals surface area contributed by atoms with Gasteiger partial charge in [0.25, 0.3) is 0 Å². The van der Waals surface area contributed by atoms with Crippen molar-refractivity contribution in [2.45, 2.75) is 6.92 Å². The predicted molar refractivity (Wildman–Crippen MR) is 66.1 cm³/mol. The third-order valence-electron chi connectivity index (χ3n) is 3.13. The van der Waals surface area contributed by atoms with Crippen LogP contribution in [0.4, 0.5) is 5.69 Å². The molecule has 74 valence electrons. The fourth-order valence-electron chi connectivity index (χ4n) is 2.27. The molecule has 0 aromatic heterocycles. The van der Waals surface area contributed by atoms with E-state index in [0.29, 0.717) is 0 Å². The number of hydrogen-bond acceptors (Lipinski definition) is 1. The van der Waals surface area contributed by atoms with E-state index >= 15 is 0 Å². The highest BCUT2D eigenvalue weighted by Crippen LogP contribution is 2.35. The first kappa shape index (κ1) is 8.54. The Kier molecular flexibility index (Phi) is 1.63. The van der Waals surface area contributed by atoms with Crippen molar-refractivity contribution < 1.29 is 0 Å². The van der Waals surface area contributed by atoms with E-state index in [4.69, 9.17) is 0 Å². The van der Waals surface area contributed by atoms with Gasteiger partial charge in [0.15, 0.2) is 0 Å². The van der Waals surface area contributed by atoms with E-state index in [1.165, 1.54) is 27.6 Å². The van der Waals surface area contributed by atoms with E-state index in [2.05, 4.69) is 61.5 Å². The van der Waals surface area contributed by atoms with Crippen molar-refractivity contribution in [1.29, 1.82) is 0 Å². The van der Waals surface area contributed by atoms with E-state index in [9.17, 15) is 0 Å². The molecule has 0 saturated carbocycles. The Balaban J connectivity index is 2.53. The Hall–Kier alpha value is -1.76. The molecular weight excluding hydrogens is 182 g/mol. The lowest BCUT2D eigenvalue weighted by molar-refractivity contribution is 1.21. The number of hydrogen-bond donors (Lipinski definition) is 0. The second kappa shape index (κ2) is 2.86. The van der Waals surface area contributed by atoms with Gasteiger partial charge in [-0.15, -0.1) is 0 Å². The minimum Gasteiger partial charge on any atom is -0.351 e. The standard InChI is InChI=1S/C14H13N/c1-10-6-7-11-4-3-5-13-14(11)12(10)8-9-15(13)2/h3-9H,1-2H3. The average Bonchev–Trinajstić information content (AvgIpc) is 2.26. The summed E-state index contributed by atoms with van der Waals surface area (Å²) in [4.78, 5) is 2.18. The van der Waals surface area contributed by atoms with Crippen LogP contribution in [0.2, 0.25) is 0 Å². The Morgan fingerprint density at radius 1 is 1.07 bits per heavy atom. The highest BCUT2D eigenvalue weighted by Gasteiger charge is 2.12. The third-order valence-corrected chi connectivity index (χ3v) is 3.13. The zero-order valence-corrected chi connectivity index (χ0v) is 8.99. The molecule has 2 aromatic rings. The summed E-state index contributed by atoms with van der Waals surface area (Å²) in [5.41, 5.74) is 4.01. The summed E-state index contributed by atoms with van der Waals surface area (Å²) < 4.78 is 0. The first-order valence-electron chi connectivity index (χ1n) is 5.21. The molecular formula is C14H13N. The first-order chi connectivity index (χ1) is 7.27. The number of rotatable bonds is 0. The molecule has 0 saturated heterocycles. The van der Waals surface area contributed by atoms with E-state index in [1.807, 2.05) is 0 Å². The maximum absolute atomic E-state index is 2.20. The topological polar surface area (TPSA) is 3.24 Å². The van der Waals surface area contributed by atoms with Crippen LogP contribution in [0.25, 0.3) is 16.8 Å². The minimum absolute atomic E-state index is 1.30. The molecule has 0 bridgehead atoms. The zero-order chi connectivity index (χ0) is 10.4. The molecule has 0 spiro atoms. The van der Waals surface area contributed by atoms with Crippen LogP contribution in [0.15, 0.2) is 36.5 Å². The quantitative estimate of drug-likeness (QED) is 0.621. The van der Waals surface area contributed by atoms with E-state index in [0.717, 1.165) is 0 Å². The molecule has 3 rings (SSSR count). The fourth-order valence-corrected chi connectivity index (χ4v) is 2.27. The van der Waals surface area contributed by atoms with Crippen LogP contribution >= 0.6 is 0 Å². The van der Waals surface area contributed by atoms with Gasteiger partial charge in [0.05, 0.1) is 0 Å². The number of anilines is 1. The Bertz CT molecular complexity index is 567. The van der Waals surface area contributed by atoms with Gasteiger partial charge in [0.2, 0.25) is 0 Å². The maximum Gasteiger partial charge on any atom is 0.0489 e. The maximum atomic E-state index is 2.20. The van der Waals surface area contributed by atoms with Gasteiger partial charge in [-0.1, -0.05) is 24.3 Å². The summed E-state index contributed by atoms with van der Waals surface area (Å²) in [6, 6.07) is 10.9. The lowest BCUT2D eigenvalue weighted by Gasteiger charge is -2.23. The van der Waals surface area contributed by atoms with Crippen molar-refractivity contribution >= 4 is 22.5 Å². The summed E-state index contributed by atoms with van der Waals surface area (Å²) in [7, 11) is 2.09. The number of nitrogens with zero attached hydrogens (tertiary/aromatic N) is 1. The molecule has 0 aliphatic carbocycles. The SMILES string of the molecule is Cc1ccc2cccc3c2c1C=CN3C. The summed E-state index contributed by atoms with van der Waals surface area (Å²) in [5, 5.41) is 2.70. The largest absolute Gasteiger partial charge is 0.351 e. The second-order valence-electron chi connectivity index (χ2n) is 4.10. The highest BCUT2D eigenvalue weighted by molar-refractivity contribution is 6.03. The van der Waals surface area contributed by atoms with Gasteiger partial charge in [0, 0.05) is 24.3 Å². The fraction of sp³-hybridized carbons (Fsp3) is 0.143. The number of aryl methyl sites for hydroxylation is 1. The summed E-state index contributed by atoms with van der Waals surface area (Å²) >= 11 is 0. The lowest BCUT2D eigenvalue weighted by atomic mass is 9.96. The molecule has 1 heterocycles. The van der Waals surface area contributed by atoms with Gasteiger partial charge in [-0.2, -0.15) is 0 Å². The molecule has 0 unspecified atom stereocenters. The van der Waals surface area contributed by atoms with Crippen LogP contribution in [0.5, 0.6) is 0 Å². The van der Waals surface area contributed by atoms with Crippen LogP contribution in [0.1, 0.15) is 11.1 Å². The van der Waals surface area contributed by atoms with Gasteiger partial charge < -0.3 is 4.90 Å². The second-order valence-corrected chi connectivity index (χ2v) is 4.10. The van der Waals surface area contributed by atoms with Crippen LogP contribution < -0.4 is 4.90 Å². The van der Waals surface area contributed by atoms with Crippen molar-refractivity contribution in [2.75, 3.05) is 11.9 Å². The predicted octanol–water partition coefficient (Wildman–Crippen LogP) is 3.57. The van der Waals surface area contributed by atoms with Crippen LogP contribution in [0.3, 0.4) is 0 Å². The summed E-state index contributed by atoms with van der Waals surface area (Å²) in [6.45, 7) is 2.17. The van der Waals surface area contributed by atoms with E-state index in [1.54, 1.807) is 0 Å². The third kappa shape index (κ3) is 1.09. The Morgan fingerprint density at radius 3 is 2.80 bits per heavy atom. The molecule has 15 heavy (non-hydrogen) atoms. The van der Waals surface area contributed by atoms with E-state index in [-0.39, 0.29) is 0 Å². The number of benzene rings is 2. The molecule has 0 amide bonds. The van der Waals surface area contributed by atoms with Gasteiger partial charge in [0.1, 0.15) is 0 Å². The van der Waals surface area contributed by atoms with Crippen LogP contribution in [-0.2, 0) is 0 Å². The average molecular weight is 195 g/mol. The van der Waals surface area contributed by atoms with E-state index < -0.39 is 0 Å². The molecule has 1 aliphatic heterocycles. The summed E-state index contributed by atoms with van der Waals surface area (Å²) in [6.07, 6.45) is 4.33. The van der Waals surface area contributed by atoms with Crippen molar-refractivity contribution in [3.63, 3.8) is 0 Å². The highest BCUT2D eigenvalue weighted by atomic mass is 15.1. The van der Waals surface area contributed by atoms with Crippen molar-refractivity contribution in [2.24, 2.45) is 0 Å². The molecule has 0 N–H and O–H groups in total. The van der Waals surface area contributed by atoms with Gasteiger partial charge >= 0.3 is 0 Å². The lowest BCUT2D eigenvalue weighted by Crippen LogP contribution is -2.11. The van der Waals surface area contributed by atoms with Gasteiger partial charge in [-0.05, 0) is 35.6 Å². The van der Waals surface area contributed by atoms with Crippen molar-refractivity contribution in [1.82, 2.24) is 0 Å². The Morgan fingerprint density at radius 2 is 1.93 bits per heavy atom. The van der Waals surface area contributed by atoms with Crippen molar-refractivity contribution in [3.8, 4) is 0 Å². The first-order valence-corrected chi connectivity index (χ1v) is 5.21. The molecule has 0 atom stereocenters. The molecule has 0 fully saturated rings. The van der Waals surface area contributed by atoms with Crippen LogP contribution in [-0.4, -0.2) is 7.05 Å². The minimum atomic E-state index is 1.30. The molecule has 1 heteroatoms. The molecule has 1 nitrogen and oxygen atoms in total. The Labute approximate surface area is 89.6 Å². The van der Waals surface area contributed by atoms with Gasteiger partial charge in [-0.25, -0.2) is 0 Å². The normalized spacial score (nSPS) is 13.6. The zero-order valence-electron chi connectivity index (χ0n) is 8.99. The van der Waals surface area contributed by atoms with Gasteiger partial charge in [-0.3, -0.25) is 0 Å².